The van der Waals surface area contributed by atoms with E-state index in [1.54, 1.807) is 90.2 Å². The van der Waals surface area contributed by atoms with E-state index in [-0.39, 0.29) is 94.9 Å². The zero-order valence-electron chi connectivity index (χ0n) is 51.9. The van der Waals surface area contributed by atoms with E-state index < -0.39 is 97.6 Å². The first-order chi connectivity index (χ1) is 43.8. The quantitative estimate of drug-likeness (QED) is 0.104. The molecule has 0 aromatic carbocycles. The Bertz CT molecular complexity index is 4290. The van der Waals surface area contributed by atoms with Gasteiger partial charge in [0.05, 0.1) is 79.1 Å². The molecular formula is C57H74Cl3N13O17S6. The molecule has 5 aromatic rings. The highest BCUT2D eigenvalue weighted by molar-refractivity contribution is 7.91. The summed E-state index contributed by atoms with van der Waals surface area (Å²) in [6, 6.07) is 15.1. The minimum Gasteiger partial charge on any atom is -0.444 e. The van der Waals surface area contributed by atoms with Crippen LogP contribution in [0.25, 0.3) is 0 Å². The molecule has 11 heterocycles. The predicted molar refractivity (Wildman–Crippen MR) is 367 cm³/mol. The van der Waals surface area contributed by atoms with Gasteiger partial charge in [0.25, 0.3) is 11.8 Å². The van der Waals surface area contributed by atoms with Gasteiger partial charge in [-0.15, -0.1) is 34.0 Å². The number of fused-ring (bicyclic) bond motifs is 3. The lowest BCUT2D eigenvalue weighted by Gasteiger charge is -2.38. The number of carbonyl (C=O) groups excluding carboxylic acids is 6. The van der Waals surface area contributed by atoms with Gasteiger partial charge in [-0.05, 0) is 103 Å². The Balaban J connectivity index is 0.000000257. The number of anilines is 2. The van der Waals surface area contributed by atoms with Crippen molar-refractivity contribution in [1.29, 1.82) is 0 Å². The van der Waals surface area contributed by atoms with E-state index in [0.29, 0.717) is 36.2 Å². The van der Waals surface area contributed by atoms with Crippen molar-refractivity contribution in [2.45, 2.75) is 114 Å². The largest absolute Gasteiger partial charge is 0.444 e. The molecule has 6 aliphatic heterocycles. The number of hydrogen-bond acceptors (Lipinski definition) is 26. The molecule has 5 aromatic heterocycles. The fourth-order valence-electron chi connectivity index (χ4n) is 10.2. The number of hydrogen-bond donors (Lipinski definition) is 5. The number of halogens is 3. The van der Waals surface area contributed by atoms with Gasteiger partial charge in [-0.3, -0.25) is 20.2 Å². The highest BCUT2D eigenvalue weighted by atomic mass is 35.5. The molecule has 6 atom stereocenters. The third kappa shape index (κ3) is 16.0. The molecule has 39 heteroatoms. The minimum absolute atomic E-state index is 0. The summed E-state index contributed by atoms with van der Waals surface area (Å²) in [6.45, 7) is 13.6. The third-order valence-corrected chi connectivity index (χ3v) is 26.0. The number of sulfonamides is 3. The van der Waals surface area contributed by atoms with Gasteiger partial charge in [0.2, 0.25) is 47.9 Å². The zero-order chi connectivity index (χ0) is 69.5. The lowest BCUT2D eigenvalue weighted by Crippen LogP contribution is -2.58. The van der Waals surface area contributed by atoms with E-state index in [1.807, 2.05) is 13.0 Å². The number of alkyl carbamates (subject to hydrolysis) is 2. The van der Waals surface area contributed by atoms with Crippen molar-refractivity contribution < 1.29 is 79.1 Å². The average Bonchev–Trinajstić information content (AvgIpc) is 1.64. The van der Waals surface area contributed by atoms with E-state index in [4.69, 9.17) is 73.8 Å². The molecule has 0 spiro atoms. The van der Waals surface area contributed by atoms with Gasteiger partial charge in [-0.1, -0.05) is 61.8 Å². The van der Waals surface area contributed by atoms with Crippen LogP contribution in [0.5, 0.6) is 0 Å². The van der Waals surface area contributed by atoms with E-state index in [1.165, 1.54) is 44.6 Å². The van der Waals surface area contributed by atoms with Crippen LogP contribution in [0.2, 0.25) is 15.1 Å². The molecule has 6 N–H and O–H groups in total. The van der Waals surface area contributed by atoms with Crippen LogP contribution in [0.15, 0.2) is 75.0 Å². The summed E-state index contributed by atoms with van der Waals surface area (Å²) < 4.78 is 108. The molecule has 0 bridgehead atoms. The van der Waals surface area contributed by atoms with Gasteiger partial charge in [-0.2, -0.15) is 9.59 Å². The Morgan fingerprint density at radius 1 is 0.594 bits per heavy atom. The maximum Gasteiger partial charge on any atom is 0.414 e. The summed E-state index contributed by atoms with van der Waals surface area (Å²) in [5.74, 6) is -0.576. The Hall–Kier alpha value is -6.93. The van der Waals surface area contributed by atoms with Crippen molar-refractivity contribution in [3.8, 4) is 0 Å². The first-order valence-electron chi connectivity index (χ1n) is 27.8. The molecule has 0 radical (unpaired) electrons. The number of amides is 4. The molecule has 11 rings (SSSR count). The second kappa shape index (κ2) is 29.6. The summed E-state index contributed by atoms with van der Waals surface area (Å²) in [5.41, 5.74) is 1.91. The normalized spacial score (nSPS) is 23.9. The van der Waals surface area contributed by atoms with Crippen LogP contribution in [0.3, 0.4) is 0 Å². The third-order valence-electron chi connectivity index (χ3n) is 14.5. The van der Waals surface area contributed by atoms with Gasteiger partial charge < -0.3 is 40.1 Å². The van der Waals surface area contributed by atoms with E-state index in [2.05, 4.69) is 46.2 Å². The van der Waals surface area contributed by atoms with E-state index in [9.17, 15) is 44.4 Å². The first-order valence-corrected chi connectivity index (χ1v) is 36.0. The number of guanidine groups is 3. The second-order valence-corrected chi connectivity index (χ2v) is 34.1. The van der Waals surface area contributed by atoms with Gasteiger partial charge >= 0.3 is 18.3 Å². The Labute approximate surface area is 584 Å². The zero-order valence-corrected chi connectivity index (χ0v) is 59.1. The van der Waals surface area contributed by atoms with Gasteiger partial charge in [-0.25, -0.2) is 72.7 Å². The van der Waals surface area contributed by atoms with Gasteiger partial charge in [0, 0.05) is 34.0 Å². The minimum atomic E-state index is -4.02. The summed E-state index contributed by atoms with van der Waals surface area (Å²) in [5, 5.41) is 9.90. The van der Waals surface area contributed by atoms with E-state index >= 15 is 0 Å². The molecule has 3 unspecified atom stereocenters. The lowest BCUT2D eigenvalue weighted by molar-refractivity contribution is -0.191. The van der Waals surface area contributed by atoms with Crippen molar-refractivity contribution in [2.75, 3.05) is 71.4 Å². The Morgan fingerprint density at radius 2 is 0.948 bits per heavy atom. The van der Waals surface area contributed by atoms with Crippen LogP contribution >= 0.6 is 68.8 Å². The van der Waals surface area contributed by atoms with Crippen LogP contribution in [-0.4, -0.2) is 184 Å². The predicted octanol–water partition coefficient (Wildman–Crippen LogP) is 7.73. The number of aromatic nitrogens is 2. The van der Waals surface area contributed by atoms with Gasteiger partial charge in [0.1, 0.15) is 55.2 Å². The van der Waals surface area contributed by atoms with Crippen molar-refractivity contribution in [3.05, 3.63) is 111 Å². The Morgan fingerprint density at radius 3 is 1.29 bits per heavy atom. The standard InChI is InChI=1S/C22H26ClN5O6S2.C17H18ClN5O4S2.C15H20ClN3O5S2.CO2.2CH4.H2/c1-12-7-6-8-16(24-12)25-18(29)14-9-13(23)17(35-14)22-11-33-10-15(22)36(31,32)28(5)19(27-22)26-20(30)34-21(2,3)4;1-9-4-3-5-13(20-9)21-15(24)11-6-10(18)14(28-11)17-8-27-7-12(17)29(25,26)23(2)16(19)22-17;1-14(2,3)24-13(20)17-12-18-15(11-9(16)5-6-25-11)8-23-7-10(15)26(21,22)19(12)4;2-1-3;;;/h6-9,15H,10-11H2,1-5H3,(H,24,25,29)(H,26,27,30);3-6,12H,7-8H2,1-2H3,(H2,19,22)(H,20,21,24);5-6,10H,7-8H2,1-4H3,(H,17,18,20);;2*1H4;1H/t15?,22-;12?,17-;10?,15-;;;;/m000..../s1/i;;;;;;1+1. The highest BCUT2D eigenvalue weighted by Gasteiger charge is 2.62. The number of aryl methyl sites for hydroxylation is 2. The molecule has 526 valence electrons. The number of rotatable bonds is 7. The van der Waals surface area contributed by atoms with Crippen molar-refractivity contribution in [1.82, 2.24) is 33.5 Å². The Kier molecular flexibility index (Phi) is 24.1. The number of carbonyl (C=O) groups is 4. The topological polar surface area (TPSA) is 398 Å². The van der Waals surface area contributed by atoms with Crippen molar-refractivity contribution in [3.63, 3.8) is 0 Å². The maximum atomic E-state index is 13.4. The smallest absolute Gasteiger partial charge is 0.414 e. The summed E-state index contributed by atoms with van der Waals surface area (Å²) in [6.07, 6.45) is -1.40. The van der Waals surface area contributed by atoms with Crippen molar-refractivity contribution >= 4 is 159 Å². The summed E-state index contributed by atoms with van der Waals surface area (Å²) >= 11 is 22.6. The number of aliphatic imine (C=N–C) groups is 3. The van der Waals surface area contributed by atoms with Gasteiger partial charge in [0.15, 0.2) is 0 Å². The fourth-order valence-corrected chi connectivity index (χ4v) is 20.1. The number of nitrogens with two attached hydrogens (primary N) is 1. The SMILES string of the molecule is C.C.CN1C(NC(=O)OC(C)(C)C)=N[C@@]2(c3sccc3Cl)COCC2S1(=O)=O.Cc1cccc(NC(=O)c2cc(Cl)c([C@]34COCC3S(=O)(=O)N(C)C(N)=N4)s2)n1.Cc1cccc(NC(=O)c2cc(Cl)c([C@]34COCC3S(=O)(=O)N(C)C(NC(=O)OC(C)(C)C)=N4)s2)n1.O=C=O.[2HH]. The second-order valence-electron chi connectivity index (χ2n) is 23.4. The fraction of sp³-hybridized carbons (Fsp3) is 0.474. The van der Waals surface area contributed by atoms with Crippen LogP contribution < -0.4 is 27.0 Å². The monoisotopic (exact) mass is 1510 g/mol. The molecule has 0 aliphatic carbocycles. The lowest BCUT2D eigenvalue weighted by atomic mass is 9.96. The molecule has 96 heavy (non-hydrogen) atoms. The number of thiophene rings is 3. The molecule has 30 nitrogen and oxygen atoms in total. The number of nitrogens with one attached hydrogen (secondary N) is 4. The van der Waals surface area contributed by atoms with Crippen LogP contribution in [0, 0.1) is 13.8 Å². The van der Waals surface area contributed by atoms with Crippen LogP contribution in [-0.2, 0) is 80.0 Å². The van der Waals surface area contributed by atoms with Crippen LogP contribution in [0.4, 0.5) is 21.2 Å². The molecular weight excluding hydrogens is 1440 g/mol. The van der Waals surface area contributed by atoms with Crippen molar-refractivity contribution in [2.24, 2.45) is 20.7 Å². The molecule has 3 saturated heterocycles. The summed E-state index contributed by atoms with van der Waals surface area (Å²) in [4.78, 5) is 90.5. The molecule has 4 amide bonds. The molecule has 6 aliphatic rings. The molecule has 0 saturated carbocycles. The number of pyridine rings is 2. The molecule has 3 fully saturated rings. The average molecular weight is 1510 g/mol. The summed E-state index contributed by atoms with van der Waals surface area (Å²) in [7, 11) is -7.66. The van der Waals surface area contributed by atoms with Crippen LogP contribution in [0.1, 0.15) is 103 Å². The maximum absolute atomic E-state index is 13.4. The highest BCUT2D eigenvalue weighted by Crippen LogP contribution is 2.51. The van der Waals surface area contributed by atoms with E-state index in [0.717, 1.165) is 47.0 Å². The first kappa shape index (κ1) is 78.1. The number of ether oxygens (including phenoxy) is 5. The number of nitrogens with zero attached hydrogens (tertiary/aromatic N) is 8.